The van der Waals surface area contributed by atoms with Gasteiger partial charge in [-0.05, 0) is 26.2 Å². The van der Waals surface area contributed by atoms with Gasteiger partial charge >= 0.3 is 5.69 Å². The average molecular weight is 251 g/mol. The molecule has 7 heteroatoms. The van der Waals surface area contributed by atoms with Gasteiger partial charge < -0.3 is 10.6 Å². The van der Waals surface area contributed by atoms with Crippen LogP contribution in [0.1, 0.15) is 33.1 Å². The fraction of sp³-hybridized carbons (Fsp3) is 0.636. The predicted molar refractivity (Wildman–Crippen MR) is 68.7 cm³/mol. The molecule has 1 heterocycles. The zero-order chi connectivity index (χ0) is 13.2. The molecule has 2 N–H and O–H groups in total. The molecule has 0 amide bonds. The largest absolute Gasteiger partial charge is 0.364 e. The number of nitrogens with one attached hydrogen (secondary N) is 2. The van der Waals surface area contributed by atoms with Gasteiger partial charge in [0.2, 0.25) is 11.6 Å². The van der Waals surface area contributed by atoms with E-state index in [1.807, 2.05) is 13.8 Å². The summed E-state index contributed by atoms with van der Waals surface area (Å²) < 4.78 is 0. The van der Waals surface area contributed by atoms with Gasteiger partial charge in [0.1, 0.15) is 6.33 Å². The Morgan fingerprint density at radius 2 is 2.11 bits per heavy atom. The van der Waals surface area contributed by atoms with Crippen LogP contribution in [0.2, 0.25) is 0 Å². The van der Waals surface area contributed by atoms with E-state index in [1.54, 1.807) is 0 Å². The summed E-state index contributed by atoms with van der Waals surface area (Å²) in [6.45, 7) is 4.66. The molecular formula is C11H17N5O2. The van der Waals surface area contributed by atoms with E-state index in [0.717, 1.165) is 19.3 Å². The quantitative estimate of drug-likeness (QED) is 0.594. The van der Waals surface area contributed by atoms with Crippen molar-refractivity contribution in [3.63, 3.8) is 0 Å². The van der Waals surface area contributed by atoms with Crippen LogP contribution in [0.25, 0.3) is 0 Å². The number of rotatable bonds is 6. The lowest BCUT2D eigenvalue weighted by Gasteiger charge is -2.13. The summed E-state index contributed by atoms with van der Waals surface area (Å²) in [5.41, 5.74) is -0.125. The van der Waals surface area contributed by atoms with Crippen molar-refractivity contribution in [1.82, 2.24) is 9.97 Å². The van der Waals surface area contributed by atoms with Gasteiger partial charge in [0.25, 0.3) is 0 Å². The zero-order valence-corrected chi connectivity index (χ0v) is 10.6. The normalized spacial score (nSPS) is 16.1. The van der Waals surface area contributed by atoms with Gasteiger partial charge in [-0.2, -0.15) is 0 Å². The van der Waals surface area contributed by atoms with E-state index < -0.39 is 4.92 Å². The van der Waals surface area contributed by atoms with Crippen LogP contribution >= 0.6 is 0 Å². The molecule has 98 valence electrons. The molecule has 0 aromatic carbocycles. The van der Waals surface area contributed by atoms with Crippen molar-refractivity contribution in [1.29, 1.82) is 0 Å². The fourth-order valence-corrected chi connectivity index (χ4v) is 1.61. The maximum atomic E-state index is 11.2. The molecule has 0 unspecified atom stereocenters. The molecule has 7 nitrogen and oxygen atoms in total. The van der Waals surface area contributed by atoms with Crippen LogP contribution in [0.15, 0.2) is 6.33 Å². The first kappa shape index (κ1) is 12.5. The van der Waals surface area contributed by atoms with Crippen molar-refractivity contribution < 1.29 is 4.92 Å². The van der Waals surface area contributed by atoms with Gasteiger partial charge in [0, 0.05) is 12.1 Å². The van der Waals surface area contributed by atoms with Gasteiger partial charge in [0.15, 0.2) is 0 Å². The van der Waals surface area contributed by atoms with E-state index in [-0.39, 0.29) is 17.0 Å². The second-order valence-electron chi connectivity index (χ2n) is 4.79. The lowest BCUT2D eigenvalue weighted by atomic mass is 10.3. The topological polar surface area (TPSA) is 93.0 Å². The summed E-state index contributed by atoms with van der Waals surface area (Å²) in [6, 6.07) is 0. The van der Waals surface area contributed by atoms with Gasteiger partial charge in [-0.3, -0.25) is 10.1 Å². The molecule has 2 rings (SSSR count). The lowest BCUT2D eigenvalue weighted by molar-refractivity contribution is -0.383. The molecule has 0 saturated heterocycles. The first-order valence-corrected chi connectivity index (χ1v) is 6.07. The highest BCUT2D eigenvalue weighted by Crippen LogP contribution is 2.40. The first-order chi connectivity index (χ1) is 8.56. The Balaban J connectivity index is 2.29. The van der Waals surface area contributed by atoms with Gasteiger partial charge in [-0.15, -0.1) is 0 Å². The second-order valence-corrected chi connectivity index (χ2v) is 4.79. The Kier molecular flexibility index (Phi) is 3.31. The van der Waals surface area contributed by atoms with E-state index >= 15 is 0 Å². The molecule has 1 aromatic heterocycles. The third-order valence-electron chi connectivity index (χ3n) is 2.97. The molecule has 1 aromatic rings. The SMILES string of the molecule is CCCNc1ncnc(NC2(C)CC2)c1[N+](=O)[O-]. The molecule has 1 saturated carbocycles. The van der Waals surface area contributed by atoms with Crippen LogP contribution in [-0.2, 0) is 0 Å². The second kappa shape index (κ2) is 4.75. The van der Waals surface area contributed by atoms with E-state index in [9.17, 15) is 10.1 Å². The maximum Gasteiger partial charge on any atom is 0.353 e. The van der Waals surface area contributed by atoms with E-state index in [1.165, 1.54) is 6.33 Å². The molecule has 1 aliphatic carbocycles. The van der Waals surface area contributed by atoms with Crippen molar-refractivity contribution in [2.24, 2.45) is 0 Å². The summed E-state index contributed by atoms with van der Waals surface area (Å²) in [5, 5.41) is 17.2. The minimum Gasteiger partial charge on any atom is -0.364 e. The van der Waals surface area contributed by atoms with Crippen LogP contribution in [0.3, 0.4) is 0 Å². The third-order valence-corrected chi connectivity index (χ3v) is 2.97. The van der Waals surface area contributed by atoms with E-state index in [4.69, 9.17) is 0 Å². The van der Waals surface area contributed by atoms with Crippen molar-refractivity contribution >= 4 is 17.3 Å². The molecule has 0 bridgehead atoms. The number of hydrogen-bond acceptors (Lipinski definition) is 6. The van der Waals surface area contributed by atoms with Gasteiger partial charge in [-0.25, -0.2) is 9.97 Å². The number of anilines is 2. The van der Waals surface area contributed by atoms with Crippen molar-refractivity contribution in [2.45, 2.75) is 38.6 Å². The van der Waals surface area contributed by atoms with Gasteiger partial charge in [-0.1, -0.05) is 6.92 Å². The number of nitrogens with zero attached hydrogens (tertiary/aromatic N) is 3. The standard InChI is InChI=1S/C11H17N5O2/c1-3-6-12-9-8(16(17)18)10(14-7-13-9)15-11(2)4-5-11/h7H,3-6H2,1-2H3,(H2,12,13,14,15). The monoisotopic (exact) mass is 251 g/mol. The molecule has 0 radical (unpaired) electrons. The number of hydrogen-bond donors (Lipinski definition) is 2. The summed E-state index contributed by atoms with van der Waals surface area (Å²) in [7, 11) is 0. The van der Waals surface area contributed by atoms with Crippen LogP contribution in [0.5, 0.6) is 0 Å². The molecule has 0 aliphatic heterocycles. The van der Waals surface area contributed by atoms with Crippen molar-refractivity contribution in [3.05, 3.63) is 16.4 Å². The van der Waals surface area contributed by atoms with E-state index in [2.05, 4.69) is 20.6 Å². The molecule has 1 aliphatic rings. The molecular weight excluding hydrogens is 234 g/mol. The van der Waals surface area contributed by atoms with Crippen LogP contribution < -0.4 is 10.6 Å². The predicted octanol–water partition coefficient (Wildman–Crippen LogP) is 2.17. The number of aromatic nitrogens is 2. The minimum atomic E-state index is -0.438. The Bertz CT molecular complexity index is 459. The van der Waals surface area contributed by atoms with E-state index in [0.29, 0.717) is 12.4 Å². The smallest absolute Gasteiger partial charge is 0.353 e. The van der Waals surface area contributed by atoms with Crippen molar-refractivity contribution in [2.75, 3.05) is 17.2 Å². The fourth-order valence-electron chi connectivity index (χ4n) is 1.61. The highest BCUT2D eigenvalue weighted by molar-refractivity contribution is 5.70. The Morgan fingerprint density at radius 3 is 2.67 bits per heavy atom. The zero-order valence-electron chi connectivity index (χ0n) is 10.6. The summed E-state index contributed by atoms with van der Waals surface area (Å²) in [4.78, 5) is 18.7. The maximum absolute atomic E-state index is 11.2. The first-order valence-electron chi connectivity index (χ1n) is 6.07. The Labute approximate surface area is 105 Å². The summed E-state index contributed by atoms with van der Waals surface area (Å²) >= 11 is 0. The molecule has 0 atom stereocenters. The highest BCUT2D eigenvalue weighted by atomic mass is 16.6. The van der Waals surface area contributed by atoms with Crippen LogP contribution in [-0.4, -0.2) is 27.0 Å². The lowest BCUT2D eigenvalue weighted by Crippen LogP contribution is -2.19. The molecule has 0 spiro atoms. The summed E-state index contributed by atoms with van der Waals surface area (Å²) in [5.74, 6) is 0.581. The highest BCUT2D eigenvalue weighted by Gasteiger charge is 2.39. The number of nitro groups is 1. The minimum absolute atomic E-state index is 0.0544. The van der Waals surface area contributed by atoms with Crippen molar-refractivity contribution in [3.8, 4) is 0 Å². The molecule has 1 fully saturated rings. The van der Waals surface area contributed by atoms with Crippen LogP contribution in [0.4, 0.5) is 17.3 Å². The average Bonchev–Trinajstić information content (AvgIpc) is 3.03. The Morgan fingerprint density at radius 1 is 1.44 bits per heavy atom. The Hall–Kier alpha value is -1.92. The molecule has 18 heavy (non-hydrogen) atoms. The van der Waals surface area contributed by atoms with Crippen LogP contribution in [0, 0.1) is 10.1 Å². The summed E-state index contributed by atoms with van der Waals surface area (Å²) in [6.07, 6.45) is 4.23. The van der Waals surface area contributed by atoms with Gasteiger partial charge in [0.05, 0.1) is 4.92 Å². The third kappa shape index (κ3) is 2.66.